The summed E-state index contributed by atoms with van der Waals surface area (Å²) in [4.78, 5) is 16.1. The molecular formula is C18H16FNO3. The third kappa shape index (κ3) is 2.70. The average Bonchev–Trinajstić information content (AvgIpc) is 2.94. The van der Waals surface area contributed by atoms with Crippen LogP contribution in [0, 0.1) is 5.82 Å². The molecule has 5 heteroatoms. The third-order valence-electron chi connectivity index (χ3n) is 3.99. The first-order valence-electron chi connectivity index (χ1n) is 7.21. The van der Waals surface area contributed by atoms with Crippen LogP contribution in [0.2, 0.25) is 0 Å². The standard InChI is InChI=1S/C18H16FNO3/c1-11(21)18(2,3)16-14(19)5-4-6-15(16)23-13-9-12-7-8-22-17(12)20-10-13/h4-10H,1-3H3. The summed E-state index contributed by atoms with van der Waals surface area (Å²) < 4.78 is 25.3. The van der Waals surface area contributed by atoms with E-state index in [4.69, 9.17) is 9.15 Å². The van der Waals surface area contributed by atoms with E-state index in [0.29, 0.717) is 17.2 Å². The van der Waals surface area contributed by atoms with Crippen molar-refractivity contribution in [2.45, 2.75) is 26.2 Å². The molecule has 0 spiro atoms. The molecule has 0 radical (unpaired) electrons. The molecule has 2 aromatic heterocycles. The Bertz CT molecular complexity index is 883. The lowest BCUT2D eigenvalue weighted by Crippen LogP contribution is -2.28. The lowest BCUT2D eigenvalue weighted by atomic mass is 9.80. The van der Waals surface area contributed by atoms with Crippen LogP contribution in [0.3, 0.4) is 0 Å². The summed E-state index contributed by atoms with van der Waals surface area (Å²) in [7, 11) is 0. The fraction of sp³-hybridized carbons (Fsp3) is 0.222. The number of nitrogens with zero attached hydrogens (tertiary/aromatic N) is 1. The van der Waals surface area contributed by atoms with E-state index in [0.717, 1.165) is 5.39 Å². The number of pyridine rings is 1. The topological polar surface area (TPSA) is 52.3 Å². The number of hydrogen-bond acceptors (Lipinski definition) is 4. The van der Waals surface area contributed by atoms with Crippen LogP contribution in [-0.4, -0.2) is 10.8 Å². The molecule has 3 aromatic rings. The van der Waals surface area contributed by atoms with Crippen molar-refractivity contribution in [2.75, 3.05) is 0 Å². The van der Waals surface area contributed by atoms with Gasteiger partial charge >= 0.3 is 0 Å². The van der Waals surface area contributed by atoms with Crippen LogP contribution in [0.4, 0.5) is 4.39 Å². The number of carbonyl (C=O) groups excluding carboxylic acids is 1. The van der Waals surface area contributed by atoms with Crippen molar-refractivity contribution in [3.8, 4) is 11.5 Å². The summed E-state index contributed by atoms with van der Waals surface area (Å²) in [6.45, 7) is 4.80. The predicted octanol–water partition coefficient (Wildman–Crippen LogP) is 4.63. The van der Waals surface area contributed by atoms with Crippen molar-refractivity contribution in [1.82, 2.24) is 4.98 Å². The zero-order valence-corrected chi connectivity index (χ0v) is 13.1. The number of rotatable bonds is 4. The molecule has 0 fully saturated rings. The number of ether oxygens (including phenoxy) is 1. The van der Waals surface area contributed by atoms with Crippen LogP contribution in [0.5, 0.6) is 11.5 Å². The molecule has 0 aliphatic carbocycles. The molecule has 2 heterocycles. The van der Waals surface area contributed by atoms with Gasteiger partial charge in [-0.05, 0) is 45.0 Å². The minimum Gasteiger partial charge on any atom is -0.455 e. The molecule has 4 nitrogen and oxygen atoms in total. The first kappa shape index (κ1) is 15.2. The van der Waals surface area contributed by atoms with Crippen LogP contribution in [0.25, 0.3) is 11.1 Å². The van der Waals surface area contributed by atoms with Crippen LogP contribution in [0.1, 0.15) is 26.3 Å². The second-order valence-electron chi connectivity index (χ2n) is 5.88. The molecule has 0 saturated heterocycles. The quantitative estimate of drug-likeness (QED) is 0.705. The number of ketones is 1. The summed E-state index contributed by atoms with van der Waals surface area (Å²) in [6, 6.07) is 8.03. The minimum atomic E-state index is -0.992. The Morgan fingerprint density at radius 3 is 2.83 bits per heavy atom. The van der Waals surface area contributed by atoms with Gasteiger partial charge in [-0.1, -0.05) is 6.07 Å². The van der Waals surface area contributed by atoms with Gasteiger partial charge in [0, 0.05) is 10.9 Å². The van der Waals surface area contributed by atoms with Gasteiger partial charge in [-0.25, -0.2) is 9.37 Å². The molecular weight excluding hydrogens is 297 g/mol. The second-order valence-corrected chi connectivity index (χ2v) is 5.88. The van der Waals surface area contributed by atoms with Crippen molar-refractivity contribution in [3.05, 3.63) is 54.2 Å². The number of Topliss-reactive ketones (excluding diaryl/α,β-unsaturated/α-hetero) is 1. The Morgan fingerprint density at radius 2 is 2.09 bits per heavy atom. The number of aromatic nitrogens is 1. The van der Waals surface area contributed by atoms with Crippen molar-refractivity contribution >= 4 is 16.9 Å². The molecule has 23 heavy (non-hydrogen) atoms. The third-order valence-corrected chi connectivity index (χ3v) is 3.99. The maximum Gasteiger partial charge on any atom is 0.226 e. The first-order valence-corrected chi connectivity index (χ1v) is 7.21. The summed E-state index contributed by atoms with van der Waals surface area (Å²) in [5, 5.41) is 0.784. The molecule has 0 unspecified atom stereocenters. The van der Waals surface area contributed by atoms with Crippen molar-refractivity contribution < 1.29 is 18.3 Å². The van der Waals surface area contributed by atoms with Crippen LogP contribution in [0.15, 0.2) is 47.2 Å². The maximum atomic E-state index is 14.3. The van der Waals surface area contributed by atoms with E-state index in [1.807, 2.05) is 0 Å². The molecule has 0 bridgehead atoms. The van der Waals surface area contributed by atoms with Gasteiger partial charge in [0.15, 0.2) is 0 Å². The Labute approximate surface area is 132 Å². The van der Waals surface area contributed by atoms with Crippen LogP contribution >= 0.6 is 0 Å². The molecule has 118 valence electrons. The van der Waals surface area contributed by atoms with E-state index in [1.165, 1.54) is 25.5 Å². The summed E-state index contributed by atoms with van der Waals surface area (Å²) >= 11 is 0. The first-order chi connectivity index (χ1) is 10.9. The van der Waals surface area contributed by atoms with Gasteiger partial charge in [0.25, 0.3) is 0 Å². The van der Waals surface area contributed by atoms with E-state index < -0.39 is 11.2 Å². The molecule has 0 aliphatic heterocycles. The van der Waals surface area contributed by atoms with Gasteiger partial charge in [-0.3, -0.25) is 4.79 Å². The predicted molar refractivity (Wildman–Crippen MR) is 84.2 cm³/mol. The highest BCUT2D eigenvalue weighted by Gasteiger charge is 2.32. The number of hydrogen-bond donors (Lipinski definition) is 0. The molecule has 0 aliphatic rings. The van der Waals surface area contributed by atoms with E-state index in [9.17, 15) is 9.18 Å². The van der Waals surface area contributed by atoms with Crippen molar-refractivity contribution in [1.29, 1.82) is 0 Å². The van der Waals surface area contributed by atoms with Crippen LogP contribution < -0.4 is 4.74 Å². The molecule has 0 atom stereocenters. The van der Waals surface area contributed by atoms with E-state index in [-0.39, 0.29) is 11.3 Å². The SMILES string of the molecule is CC(=O)C(C)(C)c1c(F)cccc1Oc1cnc2occc2c1. The summed E-state index contributed by atoms with van der Waals surface area (Å²) in [5.41, 5.74) is -0.255. The number of furan rings is 1. The zero-order valence-electron chi connectivity index (χ0n) is 13.1. The van der Waals surface area contributed by atoms with Crippen molar-refractivity contribution in [3.63, 3.8) is 0 Å². The van der Waals surface area contributed by atoms with Gasteiger partial charge in [0.2, 0.25) is 5.71 Å². The Morgan fingerprint density at radius 1 is 1.30 bits per heavy atom. The summed E-state index contributed by atoms with van der Waals surface area (Å²) in [5.74, 6) is 0.135. The Kier molecular flexibility index (Phi) is 3.64. The Balaban J connectivity index is 2.06. The van der Waals surface area contributed by atoms with Gasteiger partial charge in [-0.15, -0.1) is 0 Å². The Hall–Kier alpha value is -2.69. The van der Waals surface area contributed by atoms with Gasteiger partial charge in [0.1, 0.15) is 23.1 Å². The second kappa shape index (κ2) is 5.50. The van der Waals surface area contributed by atoms with E-state index in [1.54, 1.807) is 38.1 Å². The lowest BCUT2D eigenvalue weighted by Gasteiger charge is -2.25. The zero-order chi connectivity index (χ0) is 16.6. The number of benzene rings is 1. The van der Waals surface area contributed by atoms with Gasteiger partial charge in [-0.2, -0.15) is 0 Å². The van der Waals surface area contributed by atoms with E-state index >= 15 is 0 Å². The van der Waals surface area contributed by atoms with Crippen molar-refractivity contribution in [2.24, 2.45) is 0 Å². The molecule has 0 saturated carbocycles. The highest BCUT2D eigenvalue weighted by Crippen LogP contribution is 2.37. The monoisotopic (exact) mass is 313 g/mol. The smallest absolute Gasteiger partial charge is 0.226 e. The normalized spacial score (nSPS) is 11.7. The molecule has 0 N–H and O–H groups in total. The molecule has 0 amide bonds. The molecule has 3 rings (SSSR count). The van der Waals surface area contributed by atoms with Gasteiger partial charge in [0.05, 0.1) is 17.9 Å². The fourth-order valence-electron chi connectivity index (χ4n) is 2.39. The maximum absolute atomic E-state index is 14.3. The number of halogens is 1. The molecule has 1 aromatic carbocycles. The number of carbonyl (C=O) groups is 1. The highest BCUT2D eigenvalue weighted by atomic mass is 19.1. The summed E-state index contributed by atoms with van der Waals surface area (Å²) in [6.07, 6.45) is 3.04. The average molecular weight is 313 g/mol. The van der Waals surface area contributed by atoms with Gasteiger partial charge < -0.3 is 9.15 Å². The number of fused-ring (bicyclic) bond motifs is 1. The van der Waals surface area contributed by atoms with E-state index in [2.05, 4.69) is 4.98 Å². The largest absolute Gasteiger partial charge is 0.455 e. The highest BCUT2D eigenvalue weighted by molar-refractivity contribution is 5.88. The minimum absolute atomic E-state index is 0.143. The van der Waals surface area contributed by atoms with Crippen LogP contribution in [-0.2, 0) is 10.2 Å². The fourth-order valence-corrected chi connectivity index (χ4v) is 2.39. The lowest BCUT2D eigenvalue weighted by molar-refractivity contribution is -0.121.